The average Bonchev–Trinajstić information content (AvgIpc) is 3.06. The topological polar surface area (TPSA) is 77.8 Å². The minimum atomic E-state index is -2.90. The Morgan fingerprint density at radius 1 is 1.27 bits per heavy atom. The van der Waals surface area contributed by atoms with Crippen LogP contribution in [0.25, 0.3) is 0 Å². The molecule has 3 N–H and O–H groups in total. The molecule has 5 atom stereocenters. The van der Waals surface area contributed by atoms with Crippen LogP contribution in [0, 0.1) is 29.6 Å². The van der Waals surface area contributed by atoms with Gasteiger partial charge in [0.1, 0.15) is 5.60 Å². The quantitative estimate of drug-likeness (QED) is 0.301. The Bertz CT molecular complexity index is 632. The zero-order valence-corrected chi connectivity index (χ0v) is 16.8. The molecule has 3 aliphatic rings. The van der Waals surface area contributed by atoms with Crippen molar-refractivity contribution in [3.05, 3.63) is 11.6 Å². The monoisotopic (exact) mass is 380 g/mol. The van der Waals surface area contributed by atoms with Crippen molar-refractivity contribution in [3.63, 3.8) is 0 Å². The zero-order chi connectivity index (χ0) is 18.8. The van der Waals surface area contributed by atoms with Gasteiger partial charge in [-0.3, -0.25) is 4.57 Å². The molecule has 4 nitrogen and oxygen atoms in total. The van der Waals surface area contributed by atoms with Crippen LogP contribution in [0.1, 0.15) is 64.2 Å². The second kappa shape index (κ2) is 8.19. The Labute approximate surface area is 157 Å². The molecule has 3 rings (SSSR count). The summed E-state index contributed by atoms with van der Waals surface area (Å²) in [5, 5.41) is 21.0. The molecule has 0 spiro atoms. The Hall–Kier alpha value is -0.590. The summed E-state index contributed by atoms with van der Waals surface area (Å²) in [6.45, 7) is 1.42. The van der Waals surface area contributed by atoms with E-state index in [1.807, 2.05) is 0 Å². The van der Waals surface area contributed by atoms with Crippen molar-refractivity contribution in [2.75, 3.05) is 12.8 Å². The van der Waals surface area contributed by atoms with Gasteiger partial charge in [0.05, 0.1) is 6.10 Å². The first-order valence-electron chi connectivity index (χ1n) is 10.2. The van der Waals surface area contributed by atoms with Gasteiger partial charge in [0.25, 0.3) is 0 Å². The third-order valence-electron chi connectivity index (χ3n) is 6.41. The number of rotatable bonds is 4. The van der Waals surface area contributed by atoms with Gasteiger partial charge in [-0.15, -0.1) is 0 Å². The van der Waals surface area contributed by atoms with E-state index in [9.17, 15) is 19.7 Å². The van der Waals surface area contributed by atoms with Crippen LogP contribution in [-0.2, 0) is 4.57 Å². The molecule has 0 saturated heterocycles. The maximum absolute atomic E-state index is 11.3. The number of hydrogen-bond donors (Lipinski definition) is 3. The molecule has 0 aromatic rings. The number of aliphatic hydroxyl groups is 2. The molecule has 0 aromatic heterocycles. The van der Waals surface area contributed by atoms with E-state index in [0.717, 1.165) is 57.8 Å². The van der Waals surface area contributed by atoms with Gasteiger partial charge in [0.2, 0.25) is 0 Å². The predicted molar refractivity (Wildman–Crippen MR) is 104 cm³/mol. The Balaban J connectivity index is 1.58. The lowest BCUT2D eigenvalue weighted by Crippen LogP contribution is -2.30. The number of fused-ring (bicyclic) bond motifs is 1. The zero-order valence-electron chi connectivity index (χ0n) is 15.9. The first kappa shape index (κ1) is 20.2. The van der Waals surface area contributed by atoms with Gasteiger partial charge in [0.15, 0.2) is 7.37 Å². The fraction of sp³-hybridized carbons (Fsp3) is 0.810. The second-order valence-corrected chi connectivity index (χ2v) is 11.4. The van der Waals surface area contributed by atoms with E-state index >= 15 is 0 Å². The summed E-state index contributed by atoms with van der Waals surface area (Å²) in [4.78, 5) is 9.36. The highest BCUT2D eigenvalue weighted by Crippen LogP contribution is 2.50. The Morgan fingerprint density at radius 2 is 2.00 bits per heavy atom. The maximum Gasteiger partial charge on any atom is 0.197 e. The van der Waals surface area contributed by atoms with Gasteiger partial charge in [-0.25, -0.2) is 0 Å². The highest BCUT2D eigenvalue weighted by molar-refractivity contribution is 7.57. The third-order valence-corrected chi connectivity index (χ3v) is 7.56. The first-order valence-corrected chi connectivity index (χ1v) is 12.5. The minimum absolute atomic E-state index is 0.0230. The fourth-order valence-corrected chi connectivity index (χ4v) is 5.77. The third kappa shape index (κ3) is 5.23. The highest BCUT2D eigenvalue weighted by Gasteiger charge is 2.45. The normalized spacial score (nSPS) is 37.0. The van der Waals surface area contributed by atoms with Crippen LogP contribution in [0.15, 0.2) is 11.6 Å². The molecule has 0 aliphatic heterocycles. The molecule has 146 valence electrons. The van der Waals surface area contributed by atoms with Gasteiger partial charge >= 0.3 is 0 Å². The van der Waals surface area contributed by atoms with Crippen molar-refractivity contribution in [3.8, 4) is 11.8 Å². The highest BCUT2D eigenvalue weighted by atomic mass is 31.2. The summed E-state index contributed by atoms with van der Waals surface area (Å²) < 4.78 is 11.3. The molecule has 0 amide bonds. The lowest BCUT2D eigenvalue weighted by molar-refractivity contribution is 0.0604. The summed E-state index contributed by atoms with van der Waals surface area (Å²) in [7, 11) is -2.90. The van der Waals surface area contributed by atoms with E-state index in [0.29, 0.717) is 18.0 Å². The average molecular weight is 380 g/mol. The summed E-state index contributed by atoms with van der Waals surface area (Å²) in [5.74, 6) is 7.27. The van der Waals surface area contributed by atoms with Crippen molar-refractivity contribution in [2.24, 2.45) is 17.8 Å². The van der Waals surface area contributed by atoms with Gasteiger partial charge in [-0.05, 0) is 69.6 Å². The van der Waals surface area contributed by atoms with Crippen molar-refractivity contribution in [1.29, 1.82) is 0 Å². The summed E-state index contributed by atoms with van der Waals surface area (Å²) in [5.41, 5.74) is 0.574. The van der Waals surface area contributed by atoms with Crippen molar-refractivity contribution in [1.82, 2.24) is 0 Å². The van der Waals surface area contributed by atoms with Crippen molar-refractivity contribution < 1.29 is 19.7 Å². The van der Waals surface area contributed by atoms with E-state index in [1.165, 1.54) is 18.7 Å². The SMILES string of the molecule is CP(=O)(O)CCC/C=C1/CC2C[C@H](O)[C@H](C#CC3(O)CCCCC3)C2C1. The maximum atomic E-state index is 11.3. The Morgan fingerprint density at radius 3 is 2.69 bits per heavy atom. The van der Waals surface area contributed by atoms with Crippen LogP contribution in [-0.4, -0.2) is 39.6 Å². The van der Waals surface area contributed by atoms with Crippen LogP contribution >= 0.6 is 7.37 Å². The van der Waals surface area contributed by atoms with E-state index in [4.69, 9.17) is 0 Å². The van der Waals surface area contributed by atoms with Crippen LogP contribution < -0.4 is 0 Å². The molecular formula is C21H33O4P. The largest absolute Gasteiger partial charge is 0.392 e. The molecule has 3 saturated carbocycles. The van der Waals surface area contributed by atoms with E-state index in [-0.39, 0.29) is 12.0 Å². The molecule has 0 aromatic carbocycles. The fourth-order valence-electron chi connectivity index (χ4n) is 5.00. The predicted octanol–water partition coefficient (Wildman–Crippen LogP) is 3.70. The van der Waals surface area contributed by atoms with Crippen molar-refractivity contribution >= 4 is 7.37 Å². The minimum Gasteiger partial charge on any atom is -0.392 e. The van der Waals surface area contributed by atoms with Gasteiger partial charge in [0, 0.05) is 18.7 Å². The molecule has 3 fully saturated rings. The molecule has 5 heteroatoms. The number of hydrogen-bond acceptors (Lipinski definition) is 3. The van der Waals surface area contributed by atoms with E-state index < -0.39 is 13.0 Å². The van der Waals surface area contributed by atoms with Gasteiger partial charge < -0.3 is 15.1 Å². The van der Waals surface area contributed by atoms with Gasteiger partial charge in [-0.1, -0.05) is 29.9 Å². The lowest BCUT2D eigenvalue weighted by atomic mass is 9.84. The van der Waals surface area contributed by atoms with E-state index in [1.54, 1.807) is 0 Å². The molecular weight excluding hydrogens is 347 g/mol. The van der Waals surface area contributed by atoms with E-state index in [2.05, 4.69) is 17.9 Å². The smallest absolute Gasteiger partial charge is 0.197 e. The van der Waals surface area contributed by atoms with Crippen LogP contribution in [0.2, 0.25) is 0 Å². The summed E-state index contributed by atoms with van der Waals surface area (Å²) in [6, 6.07) is 0. The van der Waals surface area contributed by atoms with Crippen LogP contribution in [0.4, 0.5) is 0 Å². The number of allylic oxidation sites excluding steroid dienone is 2. The summed E-state index contributed by atoms with van der Waals surface area (Å²) in [6.07, 6.45) is 11.4. The molecule has 0 radical (unpaired) electrons. The standard InChI is InChI=1S/C21H33O4P/c1-26(24,25)12-6-3-7-16-13-17-15-20(22)18(19(17)14-16)8-11-21(23)9-4-2-5-10-21/h7,17-20,22-23H,2-6,9-10,12-15H2,1H3,(H,24,25)/b16-7-/t17?,18-,19?,20+/m1/s1. The molecule has 3 unspecified atom stereocenters. The number of aliphatic hydroxyl groups excluding tert-OH is 1. The summed E-state index contributed by atoms with van der Waals surface area (Å²) >= 11 is 0. The first-order chi connectivity index (χ1) is 12.3. The second-order valence-electron chi connectivity index (χ2n) is 8.80. The molecule has 26 heavy (non-hydrogen) atoms. The van der Waals surface area contributed by atoms with Crippen LogP contribution in [0.3, 0.4) is 0 Å². The van der Waals surface area contributed by atoms with Crippen molar-refractivity contribution in [2.45, 2.75) is 75.9 Å². The Kier molecular flexibility index (Phi) is 6.35. The van der Waals surface area contributed by atoms with Crippen LogP contribution in [0.5, 0.6) is 0 Å². The van der Waals surface area contributed by atoms with Gasteiger partial charge in [-0.2, -0.15) is 0 Å². The molecule has 3 aliphatic carbocycles. The molecule has 0 bridgehead atoms. The number of unbranched alkanes of at least 4 members (excludes halogenated alkanes) is 1. The lowest BCUT2D eigenvalue weighted by Gasteiger charge is -2.27. The molecule has 0 heterocycles.